The summed E-state index contributed by atoms with van der Waals surface area (Å²) in [5.41, 5.74) is 5.95. The maximum Gasteiger partial charge on any atom is 0.0658 e. The van der Waals surface area contributed by atoms with Gasteiger partial charge in [-0.25, -0.2) is 0 Å². The van der Waals surface area contributed by atoms with Crippen LogP contribution in [0.25, 0.3) is 5.70 Å². The van der Waals surface area contributed by atoms with Gasteiger partial charge in [-0.05, 0) is 56.6 Å². The summed E-state index contributed by atoms with van der Waals surface area (Å²) >= 11 is 0. The number of allylic oxidation sites excluding steroid dienone is 2. The van der Waals surface area contributed by atoms with E-state index in [1.807, 2.05) is 26.1 Å². The predicted octanol–water partition coefficient (Wildman–Crippen LogP) is 6.73. The Kier molecular flexibility index (Phi) is 8.02. The van der Waals surface area contributed by atoms with Crippen LogP contribution >= 0.6 is 0 Å². The van der Waals surface area contributed by atoms with Crippen molar-refractivity contribution in [2.24, 2.45) is 21.3 Å². The summed E-state index contributed by atoms with van der Waals surface area (Å²) in [7, 11) is 0. The van der Waals surface area contributed by atoms with Gasteiger partial charge in [-0.1, -0.05) is 64.1 Å². The van der Waals surface area contributed by atoms with Crippen molar-refractivity contribution in [3.05, 3.63) is 53.7 Å². The Morgan fingerprint density at radius 1 is 1.08 bits per heavy atom. The van der Waals surface area contributed by atoms with Crippen molar-refractivity contribution in [1.82, 2.24) is 0 Å². The van der Waals surface area contributed by atoms with Crippen molar-refractivity contribution in [3.63, 3.8) is 0 Å². The highest BCUT2D eigenvalue weighted by molar-refractivity contribution is 5.91. The molecule has 0 spiro atoms. The zero-order valence-corrected chi connectivity index (χ0v) is 17.2. The van der Waals surface area contributed by atoms with E-state index in [0.29, 0.717) is 5.92 Å². The first-order valence-corrected chi connectivity index (χ1v) is 9.15. The molecule has 0 fully saturated rings. The number of benzene rings is 1. The molecule has 2 heteroatoms. The van der Waals surface area contributed by atoms with E-state index >= 15 is 0 Å². The Labute approximate surface area is 154 Å². The molecule has 1 rings (SSSR count). The molecule has 0 aliphatic rings. The fourth-order valence-electron chi connectivity index (χ4n) is 2.28. The highest BCUT2D eigenvalue weighted by Crippen LogP contribution is 2.23. The van der Waals surface area contributed by atoms with Gasteiger partial charge >= 0.3 is 0 Å². The van der Waals surface area contributed by atoms with Gasteiger partial charge in [0.2, 0.25) is 0 Å². The average Bonchev–Trinajstić information content (AvgIpc) is 2.57. The molecule has 2 nitrogen and oxygen atoms in total. The van der Waals surface area contributed by atoms with Crippen LogP contribution in [0.4, 0.5) is 0 Å². The Morgan fingerprint density at radius 2 is 1.68 bits per heavy atom. The van der Waals surface area contributed by atoms with Crippen LogP contribution in [0.5, 0.6) is 0 Å². The monoisotopic (exact) mass is 338 g/mol. The van der Waals surface area contributed by atoms with E-state index in [9.17, 15) is 0 Å². The van der Waals surface area contributed by atoms with E-state index in [1.165, 1.54) is 16.8 Å². The Bertz CT molecular complexity index is 665. The second-order valence-electron chi connectivity index (χ2n) is 7.68. The largest absolute Gasteiger partial charge is 0.266 e. The lowest BCUT2D eigenvalue weighted by Crippen LogP contribution is -2.16. The maximum atomic E-state index is 4.84. The lowest BCUT2D eigenvalue weighted by atomic mass is 9.91. The van der Waals surface area contributed by atoms with Crippen LogP contribution in [0, 0.1) is 11.3 Å². The van der Waals surface area contributed by atoms with Gasteiger partial charge in [-0.3, -0.25) is 9.98 Å². The second kappa shape index (κ2) is 9.50. The molecule has 0 aromatic heterocycles. The Morgan fingerprint density at radius 3 is 2.16 bits per heavy atom. The molecule has 0 bridgehead atoms. The van der Waals surface area contributed by atoms with Crippen LogP contribution in [-0.2, 0) is 6.42 Å². The standard InChI is InChI=1S/C23H34N2/c1-9-15-24-18(4)17(3)16-20-11-13-21(14-12-20)22(10-2)25-19(5)23(6,7)8/h9-15,17H,16H2,1-8H3/b15-9-,22-10-,24-18?,25-19?/t17-/m0/s1. The normalized spacial score (nSPS) is 15.8. The molecule has 25 heavy (non-hydrogen) atoms. The van der Waals surface area contributed by atoms with Gasteiger partial charge in [-0.15, -0.1) is 0 Å². The molecule has 0 heterocycles. The summed E-state index contributed by atoms with van der Waals surface area (Å²) in [5, 5.41) is 0. The summed E-state index contributed by atoms with van der Waals surface area (Å²) in [6.07, 6.45) is 6.91. The lowest BCUT2D eigenvalue weighted by molar-refractivity contribution is 0.588. The molecule has 1 aromatic carbocycles. The van der Waals surface area contributed by atoms with Gasteiger partial charge < -0.3 is 0 Å². The molecule has 0 N–H and O–H groups in total. The summed E-state index contributed by atoms with van der Waals surface area (Å²) < 4.78 is 0. The number of aliphatic imine (C=N–C) groups is 2. The molecule has 1 atom stereocenters. The molecule has 0 radical (unpaired) electrons. The van der Waals surface area contributed by atoms with Crippen molar-refractivity contribution in [2.45, 2.75) is 61.8 Å². The van der Waals surface area contributed by atoms with Crippen molar-refractivity contribution < 1.29 is 0 Å². The molecule has 0 aliphatic heterocycles. The maximum absolute atomic E-state index is 4.84. The van der Waals surface area contributed by atoms with Gasteiger partial charge in [0.05, 0.1) is 5.70 Å². The van der Waals surface area contributed by atoms with Crippen molar-refractivity contribution in [3.8, 4) is 0 Å². The Hall–Kier alpha value is -1.96. The van der Waals surface area contributed by atoms with E-state index in [1.54, 1.807) is 0 Å². The third-order valence-electron chi connectivity index (χ3n) is 4.58. The predicted molar refractivity (Wildman–Crippen MR) is 113 cm³/mol. The molecular formula is C23H34N2. The van der Waals surface area contributed by atoms with E-state index in [2.05, 4.69) is 76.9 Å². The first kappa shape index (κ1) is 21.1. The topological polar surface area (TPSA) is 24.7 Å². The zero-order chi connectivity index (χ0) is 19.0. The smallest absolute Gasteiger partial charge is 0.0658 e. The third-order valence-corrected chi connectivity index (χ3v) is 4.58. The van der Waals surface area contributed by atoms with Crippen LogP contribution < -0.4 is 0 Å². The van der Waals surface area contributed by atoms with Gasteiger partial charge in [0.25, 0.3) is 0 Å². The molecule has 0 saturated heterocycles. The van der Waals surface area contributed by atoms with Crippen LogP contribution in [0.3, 0.4) is 0 Å². The van der Waals surface area contributed by atoms with E-state index in [-0.39, 0.29) is 5.41 Å². The first-order valence-electron chi connectivity index (χ1n) is 9.15. The summed E-state index contributed by atoms with van der Waals surface area (Å²) in [6.45, 7) is 17.1. The number of hydrogen-bond donors (Lipinski definition) is 0. The fraction of sp³-hybridized carbons (Fsp3) is 0.478. The molecule has 0 amide bonds. The van der Waals surface area contributed by atoms with Crippen molar-refractivity contribution >= 4 is 17.1 Å². The molecule has 136 valence electrons. The summed E-state index contributed by atoms with van der Waals surface area (Å²) in [5.74, 6) is 0.435. The van der Waals surface area contributed by atoms with Crippen molar-refractivity contribution in [1.29, 1.82) is 0 Å². The van der Waals surface area contributed by atoms with Crippen LogP contribution in [0.1, 0.15) is 66.5 Å². The molecule has 0 aliphatic carbocycles. The number of nitrogens with zero attached hydrogens (tertiary/aromatic N) is 2. The minimum absolute atomic E-state index is 0.0907. The van der Waals surface area contributed by atoms with Crippen LogP contribution in [0.2, 0.25) is 0 Å². The Balaban J connectivity index is 2.92. The summed E-state index contributed by atoms with van der Waals surface area (Å²) in [4.78, 5) is 9.30. The number of hydrogen-bond acceptors (Lipinski definition) is 2. The van der Waals surface area contributed by atoms with E-state index < -0.39 is 0 Å². The highest BCUT2D eigenvalue weighted by Gasteiger charge is 2.15. The van der Waals surface area contributed by atoms with Gasteiger partial charge in [0.1, 0.15) is 0 Å². The van der Waals surface area contributed by atoms with Crippen LogP contribution in [-0.4, -0.2) is 11.4 Å². The minimum atomic E-state index is 0.0907. The van der Waals surface area contributed by atoms with Crippen LogP contribution in [0.15, 0.2) is 52.6 Å². The third kappa shape index (κ3) is 6.81. The van der Waals surface area contributed by atoms with Gasteiger partial charge in [0.15, 0.2) is 0 Å². The lowest BCUT2D eigenvalue weighted by Gasteiger charge is -2.19. The molecule has 0 unspecified atom stereocenters. The van der Waals surface area contributed by atoms with E-state index in [4.69, 9.17) is 4.99 Å². The highest BCUT2D eigenvalue weighted by atomic mass is 14.8. The van der Waals surface area contributed by atoms with E-state index in [0.717, 1.165) is 17.8 Å². The zero-order valence-electron chi connectivity index (χ0n) is 17.2. The summed E-state index contributed by atoms with van der Waals surface area (Å²) in [6, 6.07) is 8.77. The minimum Gasteiger partial charge on any atom is -0.266 e. The van der Waals surface area contributed by atoms with Gasteiger partial charge in [-0.2, -0.15) is 0 Å². The molecular weight excluding hydrogens is 304 g/mol. The fourth-order valence-corrected chi connectivity index (χ4v) is 2.28. The molecule has 0 saturated carbocycles. The number of rotatable bonds is 6. The van der Waals surface area contributed by atoms with Crippen molar-refractivity contribution in [2.75, 3.05) is 0 Å². The van der Waals surface area contributed by atoms with Gasteiger partial charge in [0, 0.05) is 17.6 Å². The molecule has 1 aromatic rings. The first-order chi connectivity index (χ1) is 11.7. The quantitative estimate of drug-likeness (QED) is 0.514. The SMILES string of the molecule is C/C=C\N=C(C)[C@@H](C)Cc1ccc(/C(=C/C)N=C(C)C(C)(C)C)cc1. The second-order valence-corrected chi connectivity index (χ2v) is 7.68. The average molecular weight is 339 g/mol.